The number of ether oxygens (including phenoxy) is 2. The van der Waals surface area contributed by atoms with Gasteiger partial charge in [-0.2, -0.15) is 0 Å². The van der Waals surface area contributed by atoms with Gasteiger partial charge in [-0.3, -0.25) is 4.98 Å². The van der Waals surface area contributed by atoms with Crippen LogP contribution in [0, 0.1) is 0 Å². The first-order valence-corrected chi connectivity index (χ1v) is 8.77. The zero-order valence-corrected chi connectivity index (χ0v) is 15.9. The van der Waals surface area contributed by atoms with E-state index in [0.717, 1.165) is 11.3 Å². The van der Waals surface area contributed by atoms with Gasteiger partial charge < -0.3 is 9.47 Å². The Morgan fingerprint density at radius 1 is 0.963 bits per heavy atom. The highest BCUT2D eigenvalue weighted by molar-refractivity contribution is 6.42. The molecule has 1 heterocycles. The Morgan fingerprint density at radius 3 is 2.52 bits per heavy atom. The molecule has 27 heavy (non-hydrogen) atoms. The van der Waals surface area contributed by atoms with Crippen LogP contribution in [-0.4, -0.2) is 18.1 Å². The van der Waals surface area contributed by atoms with Crippen molar-refractivity contribution in [2.24, 2.45) is 0 Å². The summed E-state index contributed by atoms with van der Waals surface area (Å²) in [6.07, 6.45) is 5.51. The van der Waals surface area contributed by atoms with Crippen LogP contribution in [0.5, 0.6) is 11.5 Å². The van der Waals surface area contributed by atoms with Crippen LogP contribution in [0.25, 0.3) is 12.2 Å². The van der Waals surface area contributed by atoms with Crippen LogP contribution in [0.4, 0.5) is 0 Å². The van der Waals surface area contributed by atoms with Gasteiger partial charge in [0.1, 0.15) is 0 Å². The molecule has 0 bridgehead atoms. The highest BCUT2D eigenvalue weighted by atomic mass is 35.5. The number of rotatable bonds is 5. The van der Waals surface area contributed by atoms with Crippen LogP contribution in [-0.2, 0) is 0 Å². The van der Waals surface area contributed by atoms with E-state index >= 15 is 0 Å². The number of carbonyl (C=O) groups excluding carboxylic acids is 1. The topological polar surface area (TPSA) is 48.4 Å². The summed E-state index contributed by atoms with van der Waals surface area (Å²) < 4.78 is 10.8. The molecule has 136 valence electrons. The minimum absolute atomic E-state index is 0.285. The second kappa shape index (κ2) is 8.71. The summed E-state index contributed by atoms with van der Waals surface area (Å²) in [6.45, 7) is 0. The lowest BCUT2D eigenvalue weighted by Gasteiger charge is -2.10. The van der Waals surface area contributed by atoms with E-state index in [1.54, 1.807) is 30.5 Å². The number of aromatic nitrogens is 1. The lowest BCUT2D eigenvalue weighted by atomic mass is 10.1. The van der Waals surface area contributed by atoms with E-state index in [2.05, 4.69) is 4.98 Å². The van der Waals surface area contributed by atoms with E-state index in [1.165, 1.54) is 13.2 Å². The van der Waals surface area contributed by atoms with Gasteiger partial charge in [0.2, 0.25) is 0 Å². The van der Waals surface area contributed by atoms with Gasteiger partial charge >= 0.3 is 5.97 Å². The molecular weight excluding hydrogens is 385 g/mol. The van der Waals surface area contributed by atoms with Crippen LogP contribution in [0.2, 0.25) is 10.0 Å². The number of nitrogens with zero attached hydrogens (tertiary/aromatic N) is 1. The highest BCUT2D eigenvalue weighted by Gasteiger charge is 2.14. The van der Waals surface area contributed by atoms with Gasteiger partial charge in [0.05, 0.1) is 28.4 Å². The predicted octanol–water partition coefficient (Wildman–Crippen LogP) is 5.79. The summed E-state index contributed by atoms with van der Waals surface area (Å²) in [7, 11) is 1.51. The monoisotopic (exact) mass is 399 g/mol. The first kappa shape index (κ1) is 19.0. The molecule has 0 amide bonds. The Balaban J connectivity index is 1.78. The first-order valence-electron chi connectivity index (χ1n) is 8.01. The van der Waals surface area contributed by atoms with Crippen molar-refractivity contribution in [3.63, 3.8) is 0 Å². The van der Waals surface area contributed by atoms with Gasteiger partial charge in [-0.15, -0.1) is 0 Å². The zero-order valence-electron chi connectivity index (χ0n) is 14.4. The first-order chi connectivity index (χ1) is 13.1. The molecule has 0 spiro atoms. The maximum atomic E-state index is 12.3. The molecule has 0 unspecified atom stereocenters. The van der Waals surface area contributed by atoms with Gasteiger partial charge in [-0.1, -0.05) is 41.4 Å². The minimum Gasteiger partial charge on any atom is -0.493 e. The SMILES string of the molecule is COc1cc(/C=C/c2ccccn2)ccc1OC(=O)c1ccc(Cl)c(Cl)c1. The number of hydrogen-bond acceptors (Lipinski definition) is 4. The molecule has 4 nitrogen and oxygen atoms in total. The fourth-order valence-electron chi connectivity index (χ4n) is 2.31. The van der Waals surface area contributed by atoms with Crippen molar-refractivity contribution in [2.75, 3.05) is 7.11 Å². The van der Waals surface area contributed by atoms with Gasteiger partial charge in [-0.25, -0.2) is 4.79 Å². The van der Waals surface area contributed by atoms with Crippen molar-refractivity contribution in [3.05, 3.63) is 87.7 Å². The van der Waals surface area contributed by atoms with Gasteiger partial charge in [0.25, 0.3) is 0 Å². The van der Waals surface area contributed by atoms with Crippen molar-refractivity contribution in [1.29, 1.82) is 0 Å². The summed E-state index contributed by atoms with van der Waals surface area (Å²) in [5.41, 5.74) is 2.02. The van der Waals surface area contributed by atoms with Gasteiger partial charge in [-0.05, 0) is 54.1 Å². The summed E-state index contributed by atoms with van der Waals surface area (Å²) in [5, 5.41) is 0.655. The van der Waals surface area contributed by atoms with Crippen molar-refractivity contribution < 1.29 is 14.3 Å². The summed E-state index contributed by atoms with van der Waals surface area (Å²) >= 11 is 11.8. The van der Waals surface area contributed by atoms with E-state index in [-0.39, 0.29) is 5.02 Å². The summed E-state index contributed by atoms with van der Waals surface area (Å²) in [4.78, 5) is 16.6. The third-order valence-corrected chi connectivity index (χ3v) is 4.42. The normalized spacial score (nSPS) is 10.8. The molecule has 0 N–H and O–H groups in total. The third-order valence-electron chi connectivity index (χ3n) is 3.68. The van der Waals surface area contributed by atoms with Crippen LogP contribution in [0.1, 0.15) is 21.6 Å². The van der Waals surface area contributed by atoms with Crippen molar-refractivity contribution in [3.8, 4) is 11.5 Å². The number of esters is 1. The maximum absolute atomic E-state index is 12.3. The fourth-order valence-corrected chi connectivity index (χ4v) is 2.61. The van der Waals surface area contributed by atoms with Crippen LogP contribution >= 0.6 is 23.2 Å². The van der Waals surface area contributed by atoms with E-state index < -0.39 is 5.97 Å². The van der Waals surface area contributed by atoms with Gasteiger partial charge in [0, 0.05) is 6.20 Å². The van der Waals surface area contributed by atoms with E-state index in [0.29, 0.717) is 22.1 Å². The molecule has 0 aliphatic carbocycles. The maximum Gasteiger partial charge on any atom is 0.343 e. The Kier molecular flexibility index (Phi) is 6.12. The number of hydrogen-bond donors (Lipinski definition) is 0. The summed E-state index contributed by atoms with van der Waals surface area (Å²) in [6, 6.07) is 15.5. The number of halogens is 2. The molecule has 6 heteroatoms. The van der Waals surface area contributed by atoms with E-state index in [4.69, 9.17) is 32.7 Å². The molecule has 3 aromatic rings. The van der Waals surface area contributed by atoms with Gasteiger partial charge in [0.15, 0.2) is 11.5 Å². The number of benzene rings is 2. The molecular formula is C21H15Cl2NO3. The lowest BCUT2D eigenvalue weighted by molar-refractivity contribution is 0.0729. The standard InChI is InChI=1S/C21H15Cl2NO3/c1-26-20-12-14(5-8-16-4-2-3-11-24-16)6-10-19(20)27-21(25)15-7-9-17(22)18(23)13-15/h2-13H,1H3/b8-5+. The molecule has 0 aliphatic rings. The lowest BCUT2D eigenvalue weighted by Crippen LogP contribution is -2.09. The number of methoxy groups -OCH3 is 1. The van der Waals surface area contributed by atoms with Crippen LogP contribution in [0.15, 0.2) is 60.8 Å². The second-order valence-electron chi connectivity index (χ2n) is 5.52. The quantitative estimate of drug-likeness (QED) is 0.402. The average molecular weight is 400 g/mol. The van der Waals surface area contributed by atoms with E-state index in [1.807, 2.05) is 36.4 Å². The largest absolute Gasteiger partial charge is 0.493 e. The van der Waals surface area contributed by atoms with Crippen molar-refractivity contribution >= 4 is 41.3 Å². The molecule has 0 radical (unpaired) electrons. The van der Waals surface area contributed by atoms with Crippen LogP contribution in [0.3, 0.4) is 0 Å². The molecule has 0 atom stereocenters. The molecule has 2 aromatic carbocycles. The fraction of sp³-hybridized carbons (Fsp3) is 0.0476. The highest BCUT2D eigenvalue weighted by Crippen LogP contribution is 2.30. The Hall–Kier alpha value is -2.82. The minimum atomic E-state index is -0.552. The Morgan fingerprint density at radius 2 is 1.81 bits per heavy atom. The van der Waals surface area contributed by atoms with Crippen molar-refractivity contribution in [1.82, 2.24) is 4.98 Å². The smallest absolute Gasteiger partial charge is 0.343 e. The molecule has 3 rings (SSSR count). The molecule has 0 fully saturated rings. The predicted molar refractivity (Wildman–Crippen MR) is 108 cm³/mol. The molecule has 0 saturated heterocycles. The average Bonchev–Trinajstić information content (AvgIpc) is 2.70. The zero-order chi connectivity index (χ0) is 19.2. The van der Waals surface area contributed by atoms with E-state index in [9.17, 15) is 4.79 Å². The molecule has 0 saturated carbocycles. The van der Waals surface area contributed by atoms with Crippen molar-refractivity contribution in [2.45, 2.75) is 0 Å². The Labute approximate surface area is 167 Å². The van der Waals surface area contributed by atoms with Crippen LogP contribution < -0.4 is 9.47 Å². The second-order valence-corrected chi connectivity index (χ2v) is 6.33. The summed E-state index contributed by atoms with van der Waals surface area (Å²) in [5.74, 6) is 0.193. The molecule has 0 aliphatic heterocycles. The number of pyridine rings is 1. The third kappa shape index (κ3) is 4.88. The number of carbonyl (C=O) groups is 1. The molecule has 1 aromatic heterocycles. The Bertz CT molecular complexity index is 988.